The van der Waals surface area contributed by atoms with E-state index in [9.17, 15) is 5.26 Å². The molecule has 1 unspecified atom stereocenters. The van der Waals surface area contributed by atoms with E-state index in [0.717, 1.165) is 31.0 Å². The molecule has 124 valence electrons. The summed E-state index contributed by atoms with van der Waals surface area (Å²) >= 11 is 0. The van der Waals surface area contributed by atoms with Crippen LogP contribution in [-0.4, -0.2) is 41.0 Å². The highest BCUT2D eigenvalue weighted by atomic mass is 15.2. The molecule has 1 saturated heterocycles. The van der Waals surface area contributed by atoms with Crippen molar-refractivity contribution in [3.8, 4) is 6.07 Å². The zero-order chi connectivity index (χ0) is 17.1. The van der Waals surface area contributed by atoms with Gasteiger partial charge >= 0.3 is 0 Å². The lowest BCUT2D eigenvalue weighted by Crippen LogP contribution is -2.25. The first-order valence-corrected chi connectivity index (χ1v) is 8.33. The van der Waals surface area contributed by atoms with Gasteiger partial charge in [0.25, 0.3) is 0 Å². The number of aryl methyl sites for hydroxylation is 2. The van der Waals surface area contributed by atoms with E-state index in [0.29, 0.717) is 23.9 Å². The maximum atomic E-state index is 9.28. The Morgan fingerprint density at radius 1 is 1.33 bits per heavy atom. The number of likely N-dealkylation sites (tertiary alicyclic amines) is 1. The summed E-state index contributed by atoms with van der Waals surface area (Å²) in [6, 6.07) is 10.9. The van der Waals surface area contributed by atoms with Crippen LogP contribution in [0.5, 0.6) is 0 Å². The summed E-state index contributed by atoms with van der Waals surface area (Å²) in [5, 5.41) is 12.8. The van der Waals surface area contributed by atoms with Gasteiger partial charge in [-0.3, -0.25) is 0 Å². The van der Waals surface area contributed by atoms with E-state index in [-0.39, 0.29) is 0 Å². The maximum absolute atomic E-state index is 9.28. The van der Waals surface area contributed by atoms with E-state index >= 15 is 0 Å². The van der Waals surface area contributed by atoms with Crippen molar-refractivity contribution in [1.82, 2.24) is 14.9 Å². The van der Waals surface area contributed by atoms with Gasteiger partial charge in [-0.05, 0) is 39.4 Å². The van der Waals surface area contributed by atoms with E-state index in [1.165, 1.54) is 11.1 Å². The molecule has 0 spiro atoms. The fraction of sp³-hybridized carbons (Fsp3) is 0.421. The summed E-state index contributed by atoms with van der Waals surface area (Å²) in [6.07, 6.45) is 1.77. The van der Waals surface area contributed by atoms with Crippen LogP contribution in [0.25, 0.3) is 0 Å². The second kappa shape index (κ2) is 6.98. The molecule has 3 rings (SSSR count). The second-order valence-electron chi connectivity index (χ2n) is 6.62. The Labute approximate surface area is 143 Å². The Morgan fingerprint density at radius 2 is 2.17 bits per heavy atom. The van der Waals surface area contributed by atoms with E-state index in [2.05, 4.69) is 64.5 Å². The molecule has 1 N–H and O–H groups in total. The van der Waals surface area contributed by atoms with E-state index in [1.807, 2.05) is 6.92 Å². The van der Waals surface area contributed by atoms with Crippen molar-refractivity contribution in [2.24, 2.45) is 0 Å². The molecule has 1 atom stereocenters. The summed E-state index contributed by atoms with van der Waals surface area (Å²) < 4.78 is 0. The third-order valence-electron chi connectivity index (χ3n) is 4.43. The van der Waals surface area contributed by atoms with Gasteiger partial charge in [-0.2, -0.15) is 5.26 Å². The molecule has 24 heavy (non-hydrogen) atoms. The van der Waals surface area contributed by atoms with Gasteiger partial charge in [-0.15, -0.1) is 0 Å². The summed E-state index contributed by atoms with van der Waals surface area (Å²) in [4.78, 5) is 11.5. The van der Waals surface area contributed by atoms with E-state index in [4.69, 9.17) is 0 Å². The number of nitrogens with one attached hydrogen (secondary N) is 1. The van der Waals surface area contributed by atoms with Crippen molar-refractivity contribution < 1.29 is 0 Å². The van der Waals surface area contributed by atoms with Crippen molar-refractivity contribution in [3.63, 3.8) is 0 Å². The topological polar surface area (TPSA) is 64.8 Å². The molecule has 2 heterocycles. The number of hydrogen-bond donors (Lipinski definition) is 1. The quantitative estimate of drug-likeness (QED) is 0.938. The van der Waals surface area contributed by atoms with Gasteiger partial charge in [0, 0.05) is 19.0 Å². The lowest BCUT2D eigenvalue weighted by atomic mass is 10.1. The molecule has 2 aromatic rings. The lowest BCUT2D eigenvalue weighted by Gasteiger charge is -2.17. The average molecular weight is 321 g/mol. The molecule has 0 bridgehead atoms. The highest BCUT2D eigenvalue weighted by molar-refractivity contribution is 5.47. The zero-order valence-electron chi connectivity index (χ0n) is 14.5. The van der Waals surface area contributed by atoms with Gasteiger partial charge in [0.2, 0.25) is 0 Å². The number of benzene rings is 1. The van der Waals surface area contributed by atoms with Crippen LogP contribution >= 0.6 is 0 Å². The van der Waals surface area contributed by atoms with Gasteiger partial charge in [0.1, 0.15) is 11.9 Å². The zero-order valence-corrected chi connectivity index (χ0v) is 14.5. The minimum atomic E-state index is 0.382. The lowest BCUT2D eigenvalue weighted by molar-refractivity contribution is 0.414. The van der Waals surface area contributed by atoms with Gasteiger partial charge in [-0.25, -0.2) is 9.97 Å². The fourth-order valence-electron chi connectivity index (χ4n) is 3.16. The first-order valence-electron chi connectivity index (χ1n) is 8.33. The van der Waals surface area contributed by atoms with Crippen molar-refractivity contribution in [2.75, 3.05) is 25.5 Å². The Kier molecular flexibility index (Phi) is 4.77. The molecule has 0 aliphatic carbocycles. The van der Waals surface area contributed by atoms with Crippen LogP contribution in [0, 0.1) is 25.2 Å². The second-order valence-corrected chi connectivity index (χ2v) is 6.62. The van der Waals surface area contributed by atoms with Gasteiger partial charge in [0.15, 0.2) is 5.69 Å². The predicted molar refractivity (Wildman–Crippen MR) is 95.0 cm³/mol. The molecule has 1 fully saturated rings. The monoisotopic (exact) mass is 321 g/mol. The summed E-state index contributed by atoms with van der Waals surface area (Å²) in [5.41, 5.74) is 4.34. The number of anilines is 1. The first-order chi connectivity index (χ1) is 11.5. The summed E-state index contributed by atoms with van der Waals surface area (Å²) in [6.45, 7) is 6.02. The Balaban J connectivity index is 1.91. The van der Waals surface area contributed by atoms with Crippen LogP contribution in [0.3, 0.4) is 0 Å². The number of nitrogens with zero attached hydrogens (tertiary/aromatic N) is 4. The van der Waals surface area contributed by atoms with Crippen molar-refractivity contribution in [1.29, 1.82) is 5.26 Å². The molecule has 0 saturated carbocycles. The Hall–Kier alpha value is -2.45. The third-order valence-corrected chi connectivity index (χ3v) is 4.43. The highest BCUT2D eigenvalue weighted by Gasteiger charge is 2.21. The molecular weight excluding hydrogens is 298 g/mol. The molecule has 1 aromatic heterocycles. The van der Waals surface area contributed by atoms with Crippen LogP contribution in [-0.2, 0) is 6.42 Å². The largest absolute Gasteiger partial charge is 0.364 e. The van der Waals surface area contributed by atoms with Crippen molar-refractivity contribution in [2.45, 2.75) is 32.7 Å². The minimum absolute atomic E-state index is 0.382. The van der Waals surface area contributed by atoms with Crippen LogP contribution in [0.2, 0.25) is 0 Å². The number of aromatic nitrogens is 2. The molecule has 0 amide bonds. The van der Waals surface area contributed by atoms with E-state index < -0.39 is 0 Å². The van der Waals surface area contributed by atoms with Crippen LogP contribution < -0.4 is 5.32 Å². The highest BCUT2D eigenvalue weighted by Crippen LogP contribution is 2.21. The predicted octanol–water partition coefficient (Wildman–Crippen LogP) is 2.67. The Bertz CT molecular complexity index is 778. The third kappa shape index (κ3) is 3.72. The van der Waals surface area contributed by atoms with Crippen LogP contribution in [0.15, 0.2) is 24.3 Å². The summed E-state index contributed by atoms with van der Waals surface area (Å²) in [5.74, 6) is 0.813. The molecule has 0 radical (unpaired) electrons. The SMILES string of the molecule is Cc1cccc(Cc2nc(C#N)c(C)nc2NC2CCN(C)C2)c1. The minimum Gasteiger partial charge on any atom is -0.364 e. The Morgan fingerprint density at radius 3 is 2.83 bits per heavy atom. The van der Waals surface area contributed by atoms with E-state index in [1.54, 1.807) is 0 Å². The number of hydrogen-bond acceptors (Lipinski definition) is 5. The van der Waals surface area contributed by atoms with Crippen molar-refractivity contribution >= 4 is 5.82 Å². The smallest absolute Gasteiger partial charge is 0.162 e. The maximum Gasteiger partial charge on any atom is 0.162 e. The molecule has 5 nitrogen and oxygen atoms in total. The first kappa shape index (κ1) is 16.4. The van der Waals surface area contributed by atoms with Gasteiger partial charge in [-0.1, -0.05) is 29.8 Å². The standard InChI is InChI=1S/C19H23N5/c1-13-5-4-6-15(9-13)10-17-19(21-14(2)18(11-20)23-17)22-16-7-8-24(3)12-16/h4-6,9,16H,7-8,10,12H2,1-3H3,(H,21,22). The molecule has 1 aromatic carbocycles. The molecule has 5 heteroatoms. The average Bonchev–Trinajstić information content (AvgIpc) is 2.95. The number of nitriles is 1. The van der Waals surface area contributed by atoms with Crippen LogP contribution in [0.4, 0.5) is 5.82 Å². The number of likely N-dealkylation sites (N-methyl/N-ethyl adjacent to an activating group) is 1. The van der Waals surface area contributed by atoms with Gasteiger partial charge in [0.05, 0.1) is 11.4 Å². The number of rotatable bonds is 4. The normalized spacial score (nSPS) is 17.7. The fourth-order valence-corrected chi connectivity index (χ4v) is 3.16. The molecular formula is C19H23N5. The van der Waals surface area contributed by atoms with Crippen molar-refractivity contribution in [3.05, 3.63) is 52.5 Å². The van der Waals surface area contributed by atoms with Gasteiger partial charge < -0.3 is 10.2 Å². The molecule has 1 aliphatic rings. The van der Waals surface area contributed by atoms with Crippen LogP contribution in [0.1, 0.15) is 34.6 Å². The summed E-state index contributed by atoms with van der Waals surface area (Å²) in [7, 11) is 2.13. The molecule has 1 aliphatic heterocycles.